The van der Waals surface area contributed by atoms with Crippen LogP contribution in [0.4, 0.5) is 5.69 Å². The molecule has 1 aromatic carbocycles. The quantitative estimate of drug-likeness (QED) is 0.429. The lowest BCUT2D eigenvalue weighted by Gasteiger charge is -2.29. The predicted octanol–water partition coefficient (Wildman–Crippen LogP) is 4.00. The number of esters is 2. The van der Waals surface area contributed by atoms with Crippen molar-refractivity contribution in [1.82, 2.24) is 0 Å². The lowest BCUT2D eigenvalue weighted by atomic mass is 10.2. The molecule has 0 spiro atoms. The van der Waals surface area contributed by atoms with Gasteiger partial charge in [-0.2, -0.15) is 0 Å². The lowest BCUT2D eigenvalue weighted by molar-refractivity contribution is -0.222. The average Bonchev–Trinajstić information content (AvgIpc) is 2.29. The van der Waals surface area contributed by atoms with Crippen LogP contribution in [0.25, 0.3) is 0 Å². The van der Waals surface area contributed by atoms with Crippen molar-refractivity contribution in [3.63, 3.8) is 0 Å². The van der Waals surface area contributed by atoms with Crippen LogP contribution in [0.5, 0.6) is 0 Å². The molecule has 1 aliphatic rings. The average molecular weight is 439 g/mol. The Morgan fingerprint density at radius 1 is 1.14 bits per heavy atom. The summed E-state index contributed by atoms with van der Waals surface area (Å²) in [4.78, 5) is 23.6. The number of ether oxygens (including phenoxy) is 2. The summed E-state index contributed by atoms with van der Waals surface area (Å²) in [5.74, 6) is -2.75. The maximum Gasteiger partial charge on any atom is 0.350 e. The van der Waals surface area contributed by atoms with Crippen molar-refractivity contribution in [1.29, 1.82) is 0 Å². The topological polar surface area (TPSA) is 64.6 Å². The van der Waals surface area contributed by atoms with Gasteiger partial charge >= 0.3 is 11.9 Å². The summed E-state index contributed by atoms with van der Waals surface area (Å²) in [5, 5.41) is 3.38. The van der Waals surface area contributed by atoms with E-state index in [1.807, 2.05) is 0 Å². The van der Waals surface area contributed by atoms with Crippen molar-refractivity contribution in [2.75, 3.05) is 5.32 Å². The Hall–Kier alpha value is -1.05. The number of rotatable bonds is 2. The molecule has 1 heterocycles. The summed E-state index contributed by atoms with van der Waals surface area (Å²) in [5.41, 5.74) is 0.389. The van der Waals surface area contributed by atoms with Gasteiger partial charge in [-0.15, -0.1) is 0 Å². The van der Waals surface area contributed by atoms with Crippen molar-refractivity contribution < 1.29 is 19.1 Å². The van der Waals surface area contributed by atoms with Crippen LogP contribution in [0.2, 0.25) is 5.02 Å². The van der Waals surface area contributed by atoms with E-state index in [0.717, 1.165) is 0 Å². The highest BCUT2D eigenvalue weighted by molar-refractivity contribution is 9.11. The normalized spacial score (nSPS) is 17.1. The minimum Gasteiger partial charge on any atom is -0.419 e. The summed E-state index contributed by atoms with van der Waals surface area (Å²) < 4.78 is 11.3. The molecule has 0 aromatic heterocycles. The number of nitrogens with one attached hydrogen (secondary N) is 1. The second kappa shape index (κ2) is 5.98. The van der Waals surface area contributed by atoms with Crippen LogP contribution in [-0.2, 0) is 19.1 Å². The second-order valence-electron chi connectivity index (χ2n) is 4.63. The van der Waals surface area contributed by atoms with Crippen LogP contribution >= 0.6 is 43.5 Å². The molecule has 0 radical (unpaired) electrons. The number of benzene rings is 1. The highest BCUT2D eigenvalue weighted by atomic mass is 79.9. The largest absolute Gasteiger partial charge is 0.419 e. The van der Waals surface area contributed by atoms with E-state index in [9.17, 15) is 9.59 Å². The summed E-state index contributed by atoms with van der Waals surface area (Å²) >= 11 is 12.6. The number of carbonyl (C=O) groups excluding carboxylic acids is 2. The van der Waals surface area contributed by atoms with Gasteiger partial charge in [0.1, 0.15) is 0 Å². The Morgan fingerprint density at radius 3 is 2.10 bits per heavy atom. The molecule has 5 nitrogen and oxygen atoms in total. The predicted molar refractivity (Wildman–Crippen MR) is 84.8 cm³/mol. The highest BCUT2D eigenvalue weighted by Gasteiger charge is 2.38. The molecule has 0 amide bonds. The highest BCUT2D eigenvalue weighted by Crippen LogP contribution is 2.34. The Kier molecular flexibility index (Phi) is 4.65. The number of halogens is 3. The molecule has 1 aromatic rings. The summed E-state index contributed by atoms with van der Waals surface area (Å²) in [6.45, 7) is 2.97. The molecule has 112 valence electrons. The van der Waals surface area contributed by atoms with Crippen LogP contribution < -0.4 is 5.32 Å². The molecule has 2 rings (SSSR count). The van der Waals surface area contributed by atoms with Crippen molar-refractivity contribution in [2.45, 2.75) is 19.6 Å². The third kappa shape index (κ3) is 3.78. The molecule has 1 aliphatic heterocycles. The van der Waals surface area contributed by atoms with Crippen LogP contribution in [0.1, 0.15) is 13.8 Å². The van der Waals surface area contributed by atoms with E-state index in [0.29, 0.717) is 19.7 Å². The number of carbonyl (C=O) groups is 2. The van der Waals surface area contributed by atoms with Gasteiger partial charge in [0, 0.05) is 34.0 Å². The fourth-order valence-electron chi connectivity index (χ4n) is 1.60. The molecule has 0 unspecified atom stereocenters. The zero-order valence-electron chi connectivity index (χ0n) is 11.0. The lowest BCUT2D eigenvalue weighted by Crippen LogP contribution is -2.42. The molecule has 0 bridgehead atoms. The number of hydrogen-bond acceptors (Lipinski definition) is 5. The maximum atomic E-state index is 11.8. The molecule has 0 atom stereocenters. The molecular formula is C13H10Br2ClNO4. The van der Waals surface area contributed by atoms with Crippen molar-refractivity contribution >= 4 is 61.1 Å². The third-order valence-corrected chi connectivity index (χ3v) is 3.95. The number of anilines is 1. The molecule has 0 aliphatic carbocycles. The van der Waals surface area contributed by atoms with E-state index in [1.54, 1.807) is 12.1 Å². The first-order valence-corrected chi connectivity index (χ1v) is 7.74. The first kappa shape index (κ1) is 16.3. The van der Waals surface area contributed by atoms with Gasteiger partial charge in [-0.1, -0.05) is 11.6 Å². The van der Waals surface area contributed by atoms with Crippen LogP contribution in [0, 0.1) is 0 Å². The standard InChI is InChI=1S/C13H10Br2ClNO4/c1-13(2)20-11(18)7(12(19)21-13)5-17-10-8(14)3-6(16)4-9(10)15/h3-5,17H,1-2H3. The fourth-order valence-corrected chi connectivity index (χ4v) is 3.50. The SMILES string of the molecule is CC1(C)OC(=O)C(=CNc2c(Br)cc(Cl)cc2Br)C(=O)O1. The Morgan fingerprint density at radius 2 is 1.62 bits per heavy atom. The smallest absolute Gasteiger partial charge is 0.350 e. The van der Waals surface area contributed by atoms with Gasteiger partial charge in [0.25, 0.3) is 5.79 Å². The van der Waals surface area contributed by atoms with E-state index in [1.165, 1.54) is 20.0 Å². The molecule has 21 heavy (non-hydrogen) atoms. The molecule has 1 N–H and O–H groups in total. The van der Waals surface area contributed by atoms with E-state index < -0.39 is 17.7 Å². The molecular weight excluding hydrogens is 429 g/mol. The van der Waals surface area contributed by atoms with Crippen LogP contribution in [-0.4, -0.2) is 17.7 Å². The van der Waals surface area contributed by atoms with E-state index in [2.05, 4.69) is 37.2 Å². The van der Waals surface area contributed by atoms with Crippen LogP contribution in [0.3, 0.4) is 0 Å². The van der Waals surface area contributed by atoms with E-state index >= 15 is 0 Å². The molecule has 0 saturated carbocycles. The van der Waals surface area contributed by atoms with Gasteiger partial charge in [-0.25, -0.2) is 9.59 Å². The third-order valence-electron chi connectivity index (χ3n) is 2.48. The van der Waals surface area contributed by atoms with Gasteiger partial charge in [0.2, 0.25) is 0 Å². The fraction of sp³-hybridized carbons (Fsp3) is 0.231. The Balaban J connectivity index is 2.26. The first-order chi connectivity index (χ1) is 9.69. The van der Waals surface area contributed by atoms with Crippen molar-refractivity contribution in [3.05, 3.63) is 37.9 Å². The zero-order valence-corrected chi connectivity index (χ0v) is 14.9. The zero-order chi connectivity index (χ0) is 15.8. The van der Waals surface area contributed by atoms with Gasteiger partial charge < -0.3 is 14.8 Å². The van der Waals surface area contributed by atoms with Crippen molar-refractivity contribution in [3.8, 4) is 0 Å². The minimum absolute atomic E-state index is 0.219. The van der Waals surface area contributed by atoms with Gasteiger partial charge in [-0.05, 0) is 44.0 Å². The van der Waals surface area contributed by atoms with E-state index in [4.69, 9.17) is 21.1 Å². The molecule has 1 saturated heterocycles. The maximum absolute atomic E-state index is 11.8. The summed E-state index contributed by atoms with van der Waals surface area (Å²) in [7, 11) is 0. The van der Waals surface area contributed by atoms with Crippen LogP contribution in [0.15, 0.2) is 32.9 Å². The van der Waals surface area contributed by atoms with Crippen molar-refractivity contribution in [2.24, 2.45) is 0 Å². The molecule has 1 fully saturated rings. The summed E-state index contributed by atoms with van der Waals surface area (Å²) in [6.07, 6.45) is 1.23. The Labute approximate surface area is 142 Å². The monoisotopic (exact) mass is 437 g/mol. The van der Waals surface area contributed by atoms with Gasteiger partial charge in [-0.3, -0.25) is 0 Å². The summed E-state index contributed by atoms with van der Waals surface area (Å²) in [6, 6.07) is 3.35. The van der Waals surface area contributed by atoms with E-state index in [-0.39, 0.29) is 5.57 Å². The molecule has 8 heteroatoms. The number of cyclic esters (lactones) is 2. The first-order valence-electron chi connectivity index (χ1n) is 5.77. The second-order valence-corrected chi connectivity index (χ2v) is 6.77. The van der Waals surface area contributed by atoms with Gasteiger partial charge in [0.15, 0.2) is 5.57 Å². The van der Waals surface area contributed by atoms with Gasteiger partial charge in [0.05, 0.1) is 5.69 Å². The number of hydrogen-bond donors (Lipinski definition) is 1. The Bertz CT molecular complexity index is 613. The minimum atomic E-state index is -1.26.